The lowest BCUT2D eigenvalue weighted by molar-refractivity contribution is -0.137. The normalized spacial score (nSPS) is 11.4. The first-order chi connectivity index (χ1) is 10.2. The molecule has 0 radical (unpaired) electrons. The minimum absolute atomic E-state index is 0.206. The molecule has 0 N–H and O–H groups in total. The van der Waals surface area contributed by atoms with E-state index >= 15 is 0 Å². The van der Waals surface area contributed by atoms with Crippen LogP contribution < -0.4 is 0 Å². The van der Waals surface area contributed by atoms with E-state index in [4.69, 9.17) is 0 Å². The van der Waals surface area contributed by atoms with Crippen LogP contribution in [-0.4, -0.2) is 24.9 Å². The third kappa shape index (κ3) is 3.50. The first kappa shape index (κ1) is 16.5. The molecule has 1 amide bonds. The van der Waals surface area contributed by atoms with Gasteiger partial charge in [0.25, 0.3) is 5.91 Å². The summed E-state index contributed by atoms with van der Waals surface area (Å²) in [6, 6.07) is 9.87. The van der Waals surface area contributed by atoms with Crippen LogP contribution in [0.3, 0.4) is 0 Å². The first-order valence-electron chi connectivity index (χ1n) is 6.39. The Morgan fingerprint density at radius 1 is 1.05 bits per heavy atom. The minimum Gasteiger partial charge on any atom is -0.345 e. The number of carbonyl (C=O) groups excluding carboxylic acids is 1. The second-order valence-electron chi connectivity index (χ2n) is 4.96. The van der Waals surface area contributed by atoms with Crippen molar-refractivity contribution in [2.24, 2.45) is 0 Å². The van der Waals surface area contributed by atoms with E-state index in [1.165, 1.54) is 17.0 Å². The van der Waals surface area contributed by atoms with E-state index < -0.39 is 11.7 Å². The summed E-state index contributed by atoms with van der Waals surface area (Å²) in [5, 5.41) is 0. The number of halogens is 4. The van der Waals surface area contributed by atoms with Crippen LogP contribution in [0.15, 0.2) is 46.9 Å². The number of hydrogen-bond acceptors (Lipinski definition) is 1. The molecular formula is C16H13BrF3NO. The molecule has 0 unspecified atom stereocenters. The fourth-order valence-electron chi connectivity index (χ4n) is 2.02. The van der Waals surface area contributed by atoms with Crippen molar-refractivity contribution >= 4 is 21.8 Å². The molecule has 22 heavy (non-hydrogen) atoms. The van der Waals surface area contributed by atoms with Crippen molar-refractivity contribution in [1.82, 2.24) is 4.90 Å². The second-order valence-corrected chi connectivity index (χ2v) is 5.88. The van der Waals surface area contributed by atoms with Crippen LogP contribution in [0.4, 0.5) is 13.2 Å². The molecule has 0 atom stereocenters. The lowest BCUT2D eigenvalue weighted by Crippen LogP contribution is -2.22. The van der Waals surface area contributed by atoms with Crippen molar-refractivity contribution in [1.29, 1.82) is 0 Å². The molecular weight excluding hydrogens is 359 g/mol. The standard InChI is InChI=1S/C16H13BrF3NO/c1-21(2)15(22)13-8-7-12(17)9-14(13)10-3-5-11(6-4-10)16(18,19)20/h3-9H,1-2H3. The molecule has 0 bridgehead atoms. The topological polar surface area (TPSA) is 20.3 Å². The van der Waals surface area contributed by atoms with Crippen molar-refractivity contribution in [2.75, 3.05) is 14.1 Å². The largest absolute Gasteiger partial charge is 0.416 e. The molecule has 0 saturated heterocycles. The maximum Gasteiger partial charge on any atom is 0.416 e. The zero-order valence-electron chi connectivity index (χ0n) is 11.9. The zero-order chi connectivity index (χ0) is 16.5. The van der Waals surface area contributed by atoms with Gasteiger partial charge in [-0.25, -0.2) is 0 Å². The highest BCUT2D eigenvalue weighted by atomic mass is 79.9. The number of carbonyl (C=O) groups is 1. The number of hydrogen-bond donors (Lipinski definition) is 0. The van der Waals surface area contributed by atoms with Crippen LogP contribution in [0.1, 0.15) is 15.9 Å². The number of benzene rings is 2. The summed E-state index contributed by atoms with van der Waals surface area (Å²) >= 11 is 3.32. The lowest BCUT2D eigenvalue weighted by Gasteiger charge is -2.15. The Labute approximate surface area is 134 Å². The molecule has 0 aliphatic carbocycles. The van der Waals surface area contributed by atoms with Gasteiger partial charge in [0.05, 0.1) is 5.56 Å². The van der Waals surface area contributed by atoms with Crippen LogP contribution >= 0.6 is 15.9 Å². The molecule has 6 heteroatoms. The van der Waals surface area contributed by atoms with Crippen LogP contribution in [0.25, 0.3) is 11.1 Å². The fourth-order valence-corrected chi connectivity index (χ4v) is 2.38. The Balaban J connectivity index is 2.52. The molecule has 116 valence electrons. The predicted molar refractivity (Wildman–Crippen MR) is 82.6 cm³/mol. The van der Waals surface area contributed by atoms with Crippen molar-refractivity contribution in [2.45, 2.75) is 6.18 Å². The second kappa shape index (κ2) is 6.12. The fraction of sp³-hybridized carbons (Fsp3) is 0.188. The first-order valence-corrected chi connectivity index (χ1v) is 7.18. The zero-order valence-corrected chi connectivity index (χ0v) is 13.5. The molecule has 0 heterocycles. The van der Waals surface area contributed by atoms with Crippen LogP contribution in [0.2, 0.25) is 0 Å². The van der Waals surface area contributed by atoms with Gasteiger partial charge < -0.3 is 4.90 Å². The number of rotatable bonds is 2. The van der Waals surface area contributed by atoms with Gasteiger partial charge in [-0.15, -0.1) is 0 Å². The molecule has 2 rings (SSSR count). The van der Waals surface area contributed by atoms with Gasteiger partial charge in [-0.1, -0.05) is 28.1 Å². The van der Waals surface area contributed by atoms with E-state index in [0.29, 0.717) is 16.7 Å². The minimum atomic E-state index is -4.38. The molecule has 2 nitrogen and oxygen atoms in total. The van der Waals surface area contributed by atoms with Crippen molar-refractivity contribution in [3.63, 3.8) is 0 Å². The third-order valence-corrected chi connectivity index (χ3v) is 3.63. The number of nitrogens with zero attached hydrogens (tertiary/aromatic N) is 1. The summed E-state index contributed by atoms with van der Waals surface area (Å²) in [6.45, 7) is 0. The smallest absolute Gasteiger partial charge is 0.345 e. The van der Waals surface area contributed by atoms with E-state index in [0.717, 1.165) is 16.6 Å². The van der Waals surface area contributed by atoms with Gasteiger partial charge in [-0.2, -0.15) is 13.2 Å². The molecule has 0 aliphatic heterocycles. The van der Waals surface area contributed by atoms with Gasteiger partial charge in [-0.3, -0.25) is 4.79 Å². The molecule has 0 fully saturated rings. The lowest BCUT2D eigenvalue weighted by atomic mass is 9.98. The third-order valence-electron chi connectivity index (χ3n) is 3.14. The molecule has 0 aliphatic rings. The van der Waals surface area contributed by atoms with E-state index in [1.807, 2.05) is 0 Å². The number of alkyl halides is 3. The van der Waals surface area contributed by atoms with E-state index in [2.05, 4.69) is 15.9 Å². The van der Waals surface area contributed by atoms with Gasteiger partial charge in [0.2, 0.25) is 0 Å². The quantitative estimate of drug-likeness (QED) is 0.739. The summed E-state index contributed by atoms with van der Waals surface area (Å²) in [6.07, 6.45) is -4.38. The highest BCUT2D eigenvalue weighted by molar-refractivity contribution is 9.10. The predicted octanol–water partition coefficient (Wildman–Crippen LogP) is 4.84. The van der Waals surface area contributed by atoms with Gasteiger partial charge in [0.1, 0.15) is 0 Å². The van der Waals surface area contributed by atoms with Crippen LogP contribution in [0, 0.1) is 0 Å². The maximum absolute atomic E-state index is 12.6. The summed E-state index contributed by atoms with van der Waals surface area (Å²) in [5.41, 5.74) is 0.862. The van der Waals surface area contributed by atoms with Gasteiger partial charge in [0.15, 0.2) is 0 Å². The van der Waals surface area contributed by atoms with Gasteiger partial charge in [0, 0.05) is 24.1 Å². The SMILES string of the molecule is CN(C)C(=O)c1ccc(Br)cc1-c1ccc(C(F)(F)F)cc1. The summed E-state index contributed by atoms with van der Waals surface area (Å²) in [5.74, 6) is -0.206. The van der Waals surface area contributed by atoms with Crippen LogP contribution in [-0.2, 0) is 6.18 Å². The Morgan fingerprint density at radius 3 is 2.14 bits per heavy atom. The highest BCUT2D eigenvalue weighted by Gasteiger charge is 2.30. The van der Waals surface area contributed by atoms with Crippen molar-refractivity contribution < 1.29 is 18.0 Å². The summed E-state index contributed by atoms with van der Waals surface area (Å²) in [4.78, 5) is 13.6. The van der Waals surface area contributed by atoms with Gasteiger partial charge >= 0.3 is 6.18 Å². The Bertz CT molecular complexity index is 694. The number of amides is 1. The van der Waals surface area contributed by atoms with Crippen LogP contribution in [0.5, 0.6) is 0 Å². The summed E-state index contributed by atoms with van der Waals surface area (Å²) < 4.78 is 38.6. The average molecular weight is 372 g/mol. The Morgan fingerprint density at radius 2 is 1.64 bits per heavy atom. The maximum atomic E-state index is 12.6. The Hall–Kier alpha value is -1.82. The molecule has 2 aromatic rings. The molecule has 2 aromatic carbocycles. The highest BCUT2D eigenvalue weighted by Crippen LogP contribution is 2.33. The Kier molecular flexibility index (Phi) is 4.60. The van der Waals surface area contributed by atoms with Crippen molar-refractivity contribution in [3.05, 3.63) is 58.1 Å². The molecule has 0 saturated carbocycles. The monoisotopic (exact) mass is 371 g/mol. The summed E-state index contributed by atoms with van der Waals surface area (Å²) in [7, 11) is 3.25. The molecule has 0 aromatic heterocycles. The average Bonchev–Trinajstić information content (AvgIpc) is 2.45. The van der Waals surface area contributed by atoms with E-state index in [1.54, 1.807) is 32.3 Å². The van der Waals surface area contributed by atoms with Gasteiger partial charge in [-0.05, 0) is 41.5 Å². The van der Waals surface area contributed by atoms with E-state index in [9.17, 15) is 18.0 Å². The molecule has 0 spiro atoms. The van der Waals surface area contributed by atoms with E-state index in [-0.39, 0.29) is 5.91 Å². The van der Waals surface area contributed by atoms with Crippen molar-refractivity contribution in [3.8, 4) is 11.1 Å².